The Morgan fingerprint density at radius 3 is 1.16 bits per heavy atom. The number of hydrogen-bond acceptors (Lipinski definition) is 12. The number of pyridine rings is 2. The average Bonchev–Trinajstić information content (AvgIpc) is 3.32. The summed E-state index contributed by atoms with van der Waals surface area (Å²) in [6.45, 7) is 17.4. The number of alkyl halides is 6. The number of piperidine rings is 2. The van der Waals surface area contributed by atoms with Gasteiger partial charge in [-0.1, -0.05) is 68.1 Å². The van der Waals surface area contributed by atoms with E-state index in [0.717, 1.165) is 23.3 Å². The number of nitrogens with zero attached hydrogens (tertiary/aromatic N) is 4. The molecule has 2 fully saturated rings. The molecule has 20 heteroatoms. The van der Waals surface area contributed by atoms with Gasteiger partial charge in [0.25, 0.3) is 0 Å². The minimum absolute atomic E-state index is 0. The summed E-state index contributed by atoms with van der Waals surface area (Å²) in [6, 6.07) is 22.9. The van der Waals surface area contributed by atoms with E-state index in [9.17, 15) is 45.5 Å². The molecule has 2 saturated heterocycles. The monoisotopic (exact) mass is 1060 g/mol. The van der Waals surface area contributed by atoms with Crippen LogP contribution in [0.2, 0.25) is 0 Å². The van der Waals surface area contributed by atoms with Gasteiger partial charge in [0.05, 0.1) is 10.8 Å². The molecular weight excluding hydrogens is 991 g/mol. The zero-order valence-electron chi connectivity index (χ0n) is 43.3. The first-order valence-corrected chi connectivity index (χ1v) is 24.1. The Morgan fingerprint density at radius 1 is 0.520 bits per heavy atom. The number of esters is 2. The van der Waals surface area contributed by atoms with Crippen LogP contribution in [0.1, 0.15) is 124 Å². The van der Waals surface area contributed by atoms with E-state index in [-0.39, 0.29) is 45.6 Å². The summed E-state index contributed by atoms with van der Waals surface area (Å²) in [5, 5.41) is 0. The van der Waals surface area contributed by atoms with Gasteiger partial charge in [-0.25, -0.2) is 19.6 Å². The molecule has 0 aliphatic carbocycles. The fourth-order valence-electron chi connectivity index (χ4n) is 7.82. The molecule has 0 radical (unpaired) electrons. The first-order chi connectivity index (χ1) is 34.3. The molecule has 0 saturated carbocycles. The predicted molar refractivity (Wildman–Crippen MR) is 267 cm³/mol. The summed E-state index contributed by atoms with van der Waals surface area (Å²) in [5.74, 6) is -3.04. The highest BCUT2D eigenvalue weighted by Gasteiger charge is 2.43. The third kappa shape index (κ3) is 17.8. The third-order valence-electron chi connectivity index (χ3n) is 11.8. The van der Waals surface area contributed by atoms with Crippen molar-refractivity contribution >= 4 is 24.1 Å². The van der Waals surface area contributed by atoms with E-state index >= 15 is 0 Å². The molecule has 2 amide bonds. The van der Waals surface area contributed by atoms with Gasteiger partial charge in [0.15, 0.2) is 0 Å². The fourth-order valence-corrected chi connectivity index (χ4v) is 7.82. The quantitative estimate of drug-likeness (QED) is 0.0753. The molecule has 0 bridgehead atoms. The molecule has 6 rings (SSSR count). The molecule has 14 nitrogen and oxygen atoms in total. The number of halogens is 6. The number of rotatable bonds is 12. The van der Waals surface area contributed by atoms with Crippen LogP contribution in [0.5, 0.6) is 11.8 Å². The number of likely N-dealkylation sites (tertiary alicyclic amines) is 2. The van der Waals surface area contributed by atoms with E-state index in [4.69, 9.17) is 28.4 Å². The fraction of sp³-hybridized carbons (Fsp3) is 0.527. The highest BCUT2D eigenvalue weighted by Crippen LogP contribution is 2.39. The van der Waals surface area contributed by atoms with Crippen LogP contribution >= 0.6 is 0 Å². The second-order valence-corrected chi connectivity index (χ2v) is 21.4. The number of ether oxygens (including phenoxy) is 6. The number of carbonyl (C=O) groups is 4. The van der Waals surface area contributed by atoms with Crippen molar-refractivity contribution in [2.24, 2.45) is 10.8 Å². The highest BCUT2D eigenvalue weighted by atomic mass is 19.4. The normalized spacial score (nSPS) is 18.5. The maximum absolute atomic E-state index is 13.3. The largest absolute Gasteiger partial charge is 0.476 e. The second-order valence-electron chi connectivity index (χ2n) is 21.4. The zero-order valence-corrected chi connectivity index (χ0v) is 43.3. The van der Waals surface area contributed by atoms with E-state index in [0.29, 0.717) is 25.9 Å². The van der Waals surface area contributed by atoms with Gasteiger partial charge in [-0.3, -0.25) is 9.59 Å². The van der Waals surface area contributed by atoms with Crippen molar-refractivity contribution in [1.29, 1.82) is 0 Å². The average molecular weight is 1060 g/mol. The second kappa shape index (κ2) is 24.8. The van der Waals surface area contributed by atoms with Crippen LogP contribution in [-0.4, -0.2) is 107 Å². The Balaban J connectivity index is 0.000000320. The standard InChI is InChI=1S/2C27H33F3N2O5.CH4/c2*1-25(2,3)37-24(34)32-15-13-21(19(16-32)18-10-7-6-8-11-18)36-23(33)26(4,5)17-35-22-20(27(28,29)30)12-9-14-31-22;/h2*6-12,14,19,21H,13,15-17H2,1-5H3;1H4/t2*19-,21+;/m10./s1. The van der Waals surface area contributed by atoms with Crippen LogP contribution in [0, 0.1) is 10.8 Å². The Labute approximate surface area is 435 Å². The topological polar surface area (TPSA) is 156 Å². The first kappa shape index (κ1) is 61.0. The number of carbonyl (C=O) groups excluding carboxylic acids is 4. The Bertz CT molecular complexity index is 2340. The van der Waals surface area contributed by atoms with E-state index in [1.54, 1.807) is 79.0 Å². The molecule has 4 atom stereocenters. The number of aromatic nitrogens is 2. The Morgan fingerprint density at radius 2 is 0.853 bits per heavy atom. The van der Waals surface area contributed by atoms with Crippen LogP contribution in [0.25, 0.3) is 0 Å². The van der Waals surface area contributed by atoms with Crippen molar-refractivity contribution in [2.75, 3.05) is 39.4 Å². The van der Waals surface area contributed by atoms with E-state index in [1.807, 2.05) is 60.7 Å². The summed E-state index contributed by atoms with van der Waals surface area (Å²) in [7, 11) is 0. The Hall–Kier alpha value is -6.60. The zero-order chi connectivity index (χ0) is 54.9. The SMILES string of the molecule is C.CC(C)(C)OC(=O)N1CC[C@@H](OC(=O)C(C)(C)COc2ncccc2C(F)(F)F)[C@H](c2ccccc2)C1.CC(C)(C)OC(=O)N1CC[C@H](OC(=O)C(C)(C)COc2ncccc2C(F)(F)F)[C@@H](c2ccccc2)C1. The van der Waals surface area contributed by atoms with Gasteiger partial charge in [0.1, 0.15) is 47.8 Å². The van der Waals surface area contributed by atoms with Crippen LogP contribution in [0.15, 0.2) is 97.3 Å². The summed E-state index contributed by atoms with van der Waals surface area (Å²) >= 11 is 0. The molecule has 0 unspecified atom stereocenters. The van der Waals surface area contributed by atoms with Gasteiger partial charge in [0, 0.05) is 63.3 Å². The predicted octanol–water partition coefficient (Wildman–Crippen LogP) is 12.3. The number of amides is 2. The molecular formula is C55H70F6N4O10. The molecule has 4 aromatic rings. The number of benzene rings is 2. The lowest BCUT2D eigenvalue weighted by Crippen LogP contribution is -2.49. The number of hydrogen-bond donors (Lipinski definition) is 0. The Kier molecular flexibility index (Phi) is 20.2. The van der Waals surface area contributed by atoms with Crippen LogP contribution in [0.3, 0.4) is 0 Å². The van der Waals surface area contributed by atoms with Crippen LogP contribution in [-0.2, 0) is 40.9 Å². The molecule has 0 spiro atoms. The lowest BCUT2D eigenvalue weighted by molar-refractivity contribution is -0.165. The lowest BCUT2D eigenvalue weighted by Gasteiger charge is -2.39. The molecule has 2 aromatic heterocycles. The molecule has 2 aromatic carbocycles. The van der Waals surface area contributed by atoms with Gasteiger partial charge in [0.2, 0.25) is 11.8 Å². The first-order valence-electron chi connectivity index (χ1n) is 24.1. The van der Waals surface area contributed by atoms with E-state index < -0.39 is 93.6 Å². The maximum atomic E-state index is 13.3. The van der Waals surface area contributed by atoms with Crippen molar-refractivity contribution in [3.05, 3.63) is 120 Å². The van der Waals surface area contributed by atoms with Crippen molar-refractivity contribution < 1.29 is 73.9 Å². The minimum atomic E-state index is -4.64. The molecule has 412 valence electrons. The van der Waals surface area contributed by atoms with Gasteiger partial charge < -0.3 is 38.2 Å². The molecule has 0 N–H and O–H groups in total. The van der Waals surface area contributed by atoms with Gasteiger partial charge >= 0.3 is 36.5 Å². The summed E-state index contributed by atoms with van der Waals surface area (Å²) in [6.07, 6.45) is -8.12. The van der Waals surface area contributed by atoms with Gasteiger partial charge in [-0.05, 0) is 105 Å². The summed E-state index contributed by atoms with van der Waals surface area (Å²) in [4.78, 5) is 62.3. The van der Waals surface area contributed by atoms with E-state index in [2.05, 4.69) is 9.97 Å². The van der Waals surface area contributed by atoms with Gasteiger partial charge in [-0.2, -0.15) is 26.3 Å². The molecule has 2 aliphatic heterocycles. The molecule has 4 heterocycles. The molecule has 75 heavy (non-hydrogen) atoms. The van der Waals surface area contributed by atoms with E-state index in [1.165, 1.54) is 24.5 Å². The third-order valence-corrected chi connectivity index (χ3v) is 11.8. The van der Waals surface area contributed by atoms with Crippen molar-refractivity contribution in [3.8, 4) is 11.8 Å². The van der Waals surface area contributed by atoms with Crippen molar-refractivity contribution in [2.45, 2.75) is 137 Å². The summed E-state index contributed by atoms with van der Waals surface area (Å²) in [5.41, 5.74) is -4.06. The van der Waals surface area contributed by atoms with Crippen molar-refractivity contribution in [1.82, 2.24) is 19.8 Å². The minimum Gasteiger partial charge on any atom is -0.476 e. The van der Waals surface area contributed by atoms with Crippen LogP contribution < -0.4 is 9.47 Å². The van der Waals surface area contributed by atoms with Crippen molar-refractivity contribution in [3.63, 3.8) is 0 Å². The maximum Gasteiger partial charge on any atom is 0.421 e. The highest BCUT2D eigenvalue weighted by molar-refractivity contribution is 5.77. The summed E-state index contributed by atoms with van der Waals surface area (Å²) < 4.78 is 113. The smallest absolute Gasteiger partial charge is 0.421 e. The lowest BCUT2D eigenvalue weighted by atomic mass is 9.87. The molecule has 2 aliphatic rings. The van der Waals surface area contributed by atoms with Crippen LogP contribution in [0.4, 0.5) is 35.9 Å². The van der Waals surface area contributed by atoms with Gasteiger partial charge in [-0.15, -0.1) is 0 Å².